The van der Waals surface area contributed by atoms with E-state index in [1.165, 1.54) is 6.08 Å². The first-order valence-electron chi connectivity index (χ1n) is 13.9. The lowest BCUT2D eigenvalue weighted by atomic mass is 9.46. The van der Waals surface area contributed by atoms with E-state index in [9.17, 15) is 29.4 Å². The van der Waals surface area contributed by atoms with Crippen LogP contribution < -0.4 is 0 Å². The van der Waals surface area contributed by atoms with Crippen LogP contribution in [0.15, 0.2) is 12.2 Å². The second kappa shape index (κ2) is 6.04. The maximum atomic E-state index is 14.9. The van der Waals surface area contributed by atoms with Crippen LogP contribution in [0.3, 0.4) is 0 Å². The molecule has 6 aliphatic heterocycles. The van der Waals surface area contributed by atoms with Gasteiger partial charge in [-0.2, -0.15) is 0 Å². The maximum absolute atomic E-state index is 14.9. The molecule has 0 aromatic carbocycles. The number of ether oxygens (including phenoxy) is 5. The third-order valence-corrected chi connectivity index (χ3v) is 13.0. The summed E-state index contributed by atoms with van der Waals surface area (Å²) in [4.78, 5) is 55.7. The molecule has 9 rings (SSSR count). The fourth-order valence-electron chi connectivity index (χ4n) is 11.0. The van der Waals surface area contributed by atoms with E-state index < -0.39 is 98.7 Å². The average molecular weight is 543 g/mol. The van der Waals surface area contributed by atoms with Crippen molar-refractivity contribution in [1.29, 1.82) is 0 Å². The summed E-state index contributed by atoms with van der Waals surface area (Å²) in [7, 11) is 0. The van der Waals surface area contributed by atoms with Gasteiger partial charge in [-0.1, -0.05) is 6.92 Å². The number of ketones is 2. The zero-order valence-corrected chi connectivity index (χ0v) is 21.8. The lowest BCUT2D eigenvalue weighted by Gasteiger charge is -2.63. The van der Waals surface area contributed by atoms with Gasteiger partial charge in [-0.15, -0.1) is 0 Å². The summed E-state index contributed by atoms with van der Waals surface area (Å²) < 4.78 is 31.1. The Labute approximate surface area is 223 Å². The fraction of sp³-hybridized carbons (Fsp3) is 0.786. The molecule has 14 atom stereocenters. The van der Waals surface area contributed by atoms with Gasteiger partial charge in [-0.3, -0.25) is 14.4 Å². The monoisotopic (exact) mass is 542 g/mol. The molecule has 11 nitrogen and oxygen atoms in total. The van der Waals surface area contributed by atoms with Gasteiger partial charge in [0.15, 0.2) is 28.4 Å². The van der Waals surface area contributed by atoms with E-state index in [2.05, 4.69) is 0 Å². The topological polar surface area (TPSA) is 158 Å². The van der Waals surface area contributed by atoms with Gasteiger partial charge in [0, 0.05) is 5.92 Å². The summed E-state index contributed by atoms with van der Waals surface area (Å²) in [5.41, 5.74) is -9.28. The Kier molecular flexibility index (Phi) is 3.64. The largest absolute Gasteiger partial charge is 0.458 e. The molecule has 0 amide bonds. The highest BCUT2D eigenvalue weighted by atomic mass is 16.8. The van der Waals surface area contributed by atoms with Crippen molar-refractivity contribution in [1.82, 2.24) is 0 Å². The van der Waals surface area contributed by atoms with Crippen LogP contribution in [0.1, 0.15) is 46.5 Å². The molecule has 0 aromatic rings. The number of epoxide rings is 1. The van der Waals surface area contributed by atoms with E-state index in [1.54, 1.807) is 19.9 Å². The van der Waals surface area contributed by atoms with Crippen molar-refractivity contribution in [3.8, 4) is 0 Å². The minimum absolute atomic E-state index is 0.0472. The third-order valence-electron chi connectivity index (χ3n) is 13.0. The first-order valence-corrected chi connectivity index (χ1v) is 13.9. The van der Waals surface area contributed by atoms with Crippen molar-refractivity contribution in [3.63, 3.8) is 0 Å². The Morgan fingerprint density at radius 2 is 1.85 bits per heavy atom. The number of esters is 2. The predicted molar refractivity (Wildman–Crippen MR) is 123 cm³/mol. The van der Waals surface area contributed by atoms with Gasteiger partial charge in [0.1, 0.15) is 17.8 Å². The lowest BCUT2D eigenvalue weighted by molar-refractivity contribution is -0.378. The zero-order chi connectivity index (χ0) is 27.3. The van der Waals surface area contributed by atoms with Crippen molar-refractivity contribution < 1.29 is 53.1 Å². The Balaban J connectivity index is 1.34. The molecule has 6 heterocycles. The van der Waals surface area contributed by atoms with Gasteiger partial charge in [-0.25, -0.2) is 4.79 Å². The standard InChI is InChI=1S/C28H30O11/c1-22-9-17-24(3)28-18(22)19(31)27(39-28,35-10-13(22)20(32)36-17)12-8-15(30)26-16(37-26)5-4-14(29)23(26,2)11(12)6-7-25(28,34)21(33)38-24/h4-5,11-13,15-18,30,34H,6-10H2,1-3H3/t11-,12+,13-,15+,16-,17+,18-,22+,23-,24-,25+,26-,27+,28-/m0/s1. The van der Waals surface area contributed by atoms with E-state index >= 15 is 0 Å². The Bertz CT molecular complexity index is 1370. The molecule has 0 unspecified atom stereocenters. The molecule has 3 spiro atoms. The van der Waals surface area contributed by atoms with Gasteiger partial charge in [0.05, 0.1) is 30.0 Å². The first-order chi connectivity index (χ1) is 18.3. The molecule has 6 saturated heterocycles. The number of fused-ring (bicyclic) bond motifs is 4. The molecule has 11 heteroatoms. The first kappa shape index (κ1) is 23.5. The Hall–Kier alpha value is -2.18. The second-order valence-electron chi connectivity index (χ2n) is 13.9. The number of hydrogen-bond donors (Lipinski definition) is 2. The summed E-state index contributed by atoms with van der Waals surface area (Å²) in [6, 6.07) is 0. The average Bonchev–Trinajstić information content (AvgIpc) is 3.52. The normalized spacial score (nSPS) is 64.7. The molecule has 5 bridgehead atoms. The van der Waals surface area contributed by atoms with Crippen LogP contribution in [-0.4, -0.2) is 86.8 Å². The van der Waals surface area contributed by atoms with Gasteiger partial charge in [-0.05, 0) is 63.0 Å². The molecule has 0 aromatic heterocycles. The van der Waals surface area contributed by atoms with E-state index in [0.717, 1.165) is 0 Å². The molecule has 2 N–H and O–H groups in total. The quantitative estimate of drug-likeness (QED) is 0.307. The van der Waals surface area contributed by atoms with Crippen LogP contribution in [0, 0.1) is 34.5 Å². The number of Topliss-reactive ketones (excluding diaryl/α,β-unsaturated/α-hetero) is 1. The van der Waals surface area contributed by atoms with Crippen molar-refractivity contribution in [3.05, 3.63) is 12.2 Å². The molecule has 3 aliphatic carbocycles. The number of hydrogen-bond acceptors (Lipinski definition) is 11. The van der Waals surface area contributed by atoms with Crippen LogP contribution in [0.5, 0.6) is 0 Å². The predicted octanol–water partition coefficient (Wildman–Crippen LogP) is -0.261. The summed E-state index contributed by atoms with van der Waals surface area (Å²) in [5.74, 6) is -7.64. The molecular formula is C28H30O11. The number of aliphatic hydroxyl groups is 2. The molecule has 0 radical (unpaired) electrons. The number of allylic oxidation sites excluding steroid dienone is 1. The van der Waals surface area contributed by atoms with Gasteiger partial charge in [0.25, 0.3) is 0 Å². The second-order valence-corrected chi connectivity index (χ2v) is 13.9. The molecule has 208 valence electrons. The summed E-state index contributed by atoms with van der Waals surface area (Å²) in [6.45, 7) is 4.95. The zero-order valence-electron chi connectivity index (χ0n) is 21.8. The van der Waals surface area contributed by atoms with Crippen LogP contribution >= 0.6 is 0 Å². The summed E-state index contributed by atoms with van der Waals surface area (Å²) in [6.07, 6.45) is 0.918. The highest BCUT2D eigenvalue weighted by Crippen LogP contribution is 2.76. The lowest BCUT2D eigenvalue weighted by Crippen LogP contribution is -2.79. The maximum Gasteiger partial charge on any atom is 0.342 e. The number of carbonyl (C=O) groups excluding carboxylic acids is 4. The highest BCUT2D eigenvalue weighted by molar-refractivity contribution is 6.01. The molecular weight excluding hydrogens is 512 g/mol. The number of aliphatic hydroxyl groups excluding tert-OH is 1. The van der Waals surface area contributed by atoms with Crippen molar-refractivity contribution >= 4 is 23.5 Å². The van der Waals surface area contributed by atoms with E-state index in [4.69, 9.17) is 23.7 Å². The smallest absolute Gasteiger partial charge is 0.342 e. The van der Waals surface area contributed by atoms with Crippen molar-refractivity contribution in [2.75, 3.05) is 6.61 Å². The third kappa shape index (κ3) is 1.90. The van der Waals surface area contributed by atoms with Crippen LogP contribution in [-0.2, 0) is 42.9 Å². The molecule has 9 aliphatic rings. The fourth-order valence-corrected chi connectivity index (χ4v) is 11.0. The van der Waals surface area contributed by atoms with E-state index in [0.29, 0.717) is 0 Å². The van der Waals surface area contributed by atoms with E-state index in [-0.39, 0.29) is 38.1 Å². The minimum Gasteiger partial charge on any atom is -0.458 e. The van der Waals surface area contributed by atoms with Crippen LogP contribution in [0.4, 0.5) is 0 Å². The van der Waals surface area contributed by atoms with Gasteiger partial charge >= 0.3 is 11.9 Å². The van der Waals surface area contributed by atoms with Gasteiger partial charge in [0.2, 0.25) is 5.79 Å². The number of rotatable bonds is 0. The Morgan fingerprint density at radius 1 is 1.08 bits per heavy atom. The highest BCUT2D eigenvalue weighted by Gasteiger charge is 2.94. The molecule has 39 heavy (non-hydrogen) atoms. The van der Waals surface area contributed by atoms with Crippen molar-refractivity contribution in [2.24, 2.45) is 34.5 Å². The minimum atomic E-state index is -2.26. The van der Waals surface area contributed by atoms with Crippen LogP contribution in [0.2, 0.25) is 0 Å². The Morgan fingerprint density at radius 3 is 2.62 bits per heavy atom. The van der Waals surface area contributed by atoms with Gasteiger partial charge < -0.3 is 33.9 Å². The SMILES string of the molecule is C[C@@]12C[C@H]3OC(=O)[C@@H]1CO[C@]14O[C@]5([C@H]2C1=O)[C@@](O)(CC[C@H]1[C@H]4C[C@@H](O)[C@]24O[C@H]2C=CC(=O)[C@]14C)C(=O)O[C@@]35C. The molecule has 8 fully saturated rings. The van der Waals surface area contributed by atoms with E-state index in [1.807, 2.05) is 6.92 Å². The van der Waals surface area contributed by atoms with Crippen molar-refractivity contribution in [2.45, 2.75) is 93.0 Å². The summed E-state index contributed by atoms with van der Waals surface area (Å²) >= 11 is 0. The molecule has 2 saturated carbocycles. The summed E-state index contributed by atoms with van der Waals surface area (Å²) in [5, 5.41) is 24.0. The number of carbonyl (C=O) groups is 4. The van der Waals surface area contributed by atoms with Crippen LogP contribution in [0.25, 0.3) is 0 Å².